The molecule has 0 aromatic heterocycles. The van der Waals surface area contributed by atoms with Gasteiger partial charge in [-0.2, -0.15) is 0 Å². The van der Waals surface area contributed by atoms with Crippen molar-refractivity contribution in [1.82, 2.24) is 10.6 Å². The van der Waals surface area contributed by atoms with Gasteiger partial charge in [-0.25, -0.2) is 0 Å². The van der Waals surface area contributed by atoms with Gasteiger partial charge < -0.3 is 29.7 Å². The highest BCUT2D eigenvalue weighted by Gasteiger charge is 2.13. The molecule has 162 valence electrons. The molecule has 0 unspecified atom stereocenters. The Balaban J connectivity index is 1.27. The first-order chi connectivity index (χ1) is 14.3. The van der Waals surface area contributed by atoms with Crippen molar-refractivity contribution < 1.29 is 14.2 Å². The summed E-state index contributed by atoms with van der Waals surface area (Å²) in [7, 11) is 1.80. The Hall–Kier alpha value is -1.83. The maximum absolute atomic E-state index is 5.81. The van der Waals surface area contributed by atoms with Crippen LogP contribution >= 0.6 is 0 Å². The predicted octanol–water partition coefficient (Wildman–Crippen LogP) is 2.02. The first kappa shape index (κ1) is 21.9. The minimum atomic E-state index is 0.667. The first-order valence-corrected chi connectivity index (χ1v) is 10.9. The number of benzene rings is 1. The summed E-state index contributed by atoms with van der Waals surface area (Å²) in [6.07, 6.45) is 3.22. The van der Waals surface area contributed by atoms with Crippen LogP contribution in [0, 0.1) is 5.92 Å². The summed E-state index contributed by atoms with van der Waals surface area (Å²) >= 11 is 0. The summed E-state index contributed by atoms with van der Waals surface area (Å²) in [4.78, 5) is 6.67. The Bertz CT molecular complexity index is 597. The lowest BCUT2D eigenvalue weighted by atomic mass is 10.0. The van der Waals surface area contributed by atoms with Gasteiger partial charge in [0.25, 0.3) is 0 Å². The summed E-state index contributed by atoms with van der Waals surface area (Å²) in [5, 5.41) is 6.74. The van der Waals surface area contributed by atoms with E-state index < -0.39 is 0 Å². The second-order valence-corrected chi connectivity index (χ2v) is 7.60. The Morgan fingerprint density at radius 2 is 1.79 bits per heavy atom. The van der Waals surface area contributed by atoms with E-state index in [1.165, 1.54) is 11.3 Å². The highest BCUT2D eigenvalue weighted by atomic mass is 16.5. The number of rotatable bonds is 9. The van der Waals surface area contributed by atoms with Gasteiger partial charge >= 0.3 is 0 Å². The zero-order valence-electron chi connectivity index (χ0n) is 17.7. The quantitative estimate of drug-likeness (QED) is 0.373. The Morgan fingerprint density at radius 3 is 2.52 bits per heavy atom. The number of guanidine groups is 1. The van der Waals surface area contributed by atoms with E-state index in [9.17, 15) is 0 Å². The van der Waals surface area contributed by atoms with E-state index in [0.717, 1.165) is 91.0 Å². The molecule has 1 aromatic carbocycles. The summed E-state index contributed by atoms with van der Waals surface area (Å²) in [6.45, 7) is 8.56. The van der Waals surface area contributed by atoms with Crippen LogP contribution in [-0.4, -0.2) is 72.3 Å². The van der Waals surface area contributed by atoms with Gasteiger partial charge in [0.2, 0.25) is 0 Å². The Morgan fingerprint density at radius 1 is 1.07 bits per heavy atom. The normalized spacial score (nSPS) is 18.7. The molecule has 0 amide bonds. The second-order valence-electron chi connectivity index (χ2n) is 7.60. The van der Waals surface area contributed by atoms with Crippen LogP contribution in [0.1, 0.15) is 24.8 Å². The molecule has 7 heteroatoms. The zero-order chi connectivity index (χ0) is 20.2. The number of morpholine rings is 1. The molecular weight excluding hydrogens is 368 g/mol. The molecule has 0 radical (unpaired) electrons. The van der Waals surface area contributed by atoms with Gasteiger partial charge in [-0.15, -0.1) is 0 Å². The minimum Gasteiger partial charge on any atom is -0.381 e. The molecule has 1 aromatic rings. The van der Waals surface area contributed by atoms with Gasteiger partial charge in [-0.3, -0.25) is 4.99 Å². The van der Waals surface area contributed by atoms with Crippen molar-refractivity contribution in [3.63, 3.8) is 0 Å². The molecule has 2 aliphatic rings. The standard InChI is InChI=1S/C22H36N4O3/c1-23-22(24-9-2-12-29-18-20-7-13-27-14-8-20)25-17-19-3-5-21(6-4-19)26-10-15-28-16-11-26/h3-6,20H,2,7-18H2,1H3,(H2,23,24,25). The topological polar surface area (TPSA) is 67.4 Å². The van der Waals surface area contributed by atoms with E-state index in [1.807, 2.05) is 0 Å². The van der Waals surface area contributed by atoms with Crippen LogP contribution in [0.15, 0.2) is 29.3 Å². The van der Waals surface area contributed by atoms with E-state index in [-0.39, 0.29) is 0 Å². The number of anilines is 1. The number of nitrogens with one attached hydrogen (secondary N) is 2. The zero-order valence-corrected chi connectivity index (χ0v) is 17.7. The van der Waals surface area contributed by atoms with E-state index in [1.54, 1.807) is 7.05 Å². The van der Waals surface area contributed by atoms with Gasteiger partial charge in [0.1, 0.15) is 0 Å². The lowest BCUT2D eigenvalue weighted by molar-refractivity contribution is 0.0203. The number of ether oxygens (including phenoxy) is 3. The van der Waals surface area contributed by atoms with Crippen LogP contribution in [-0.2, 0) is 20.8 Å². The third-order valence-electron chi connectivity index (χ3n) is 5.45. The Kier molecular flexibility index (Phi) is 9.56. The fourth-order valence-corrected chi connectivity index (χ4v) is 3.60. The van der Waals surface area contributed by atoms with Crippen molar-refractivity contribution >= 4 is 11.6 Å². The molecule has 2 aliphatic heterocycles. The van der Waals surface area contributed by atoms with Gasteiger partial charge in [0.15, 0.2) is 5.96 Å². The van der Waals surface area contributed by atoms with Crippen molar-refractivity contribution in [2.24, 2.45) is 10.9 Å². The predicted molar refractivity (Wildman–Crippen MR) is 117 cm³/mol. The van der Waals surface area contributed by atoms with E-state index in [0.29, 0.717) is 5.92 Å². The molecular formula is C22H36N4O3. The van der Waals surface area contributed by atoms with Gasteiger partial charge in [-0.1, -0.05) is 12.1 Å². The van der Waals surface area contributed by atoms with Crippen LogP contribution in [0.3, 0.4) is 0 Å². The average Bonchev–Trinajstić information content (AvgIpc) is 2.80. The minimum absolute atomic E-state index is 0.667. The lowest BCUT2D eigenvalue weighted by Crippen LogP contribution is -2.37. The maximum atomic E-state index is 5.81. The lowest BCUT2D eigenvalue weighted by Gasteiger charge is -2.28. The summed E-state index contributed by atoms with van der Waals surface area (Å²) < 4.78 is 16.6. The van der Waals surface area contributed by atoms with Gasteiger partial charge in [0.05, 0.1) is 13.2 Å². The molecule has 2 saturated heterocycles. The van der Waals surface area contributed by atoms with Crippen molar-refractivity contribution in [2.75, 3.05) is 71.2 Å². The molecule has 3 rings (SSSR count). The third kappa shape index (κ3) is 7.84. The Labute approximate surface area is 174 Å². The molecule has 2 fully saturated rings. The van der Waals surface area contributed by atoms with Gasteiger partial charge in [0, 0.05) is 65.3 Å². The van der Waals surface area contributed by atoms with Crippen LogP contribution in [0.4, 0.5) is 5.69 Å². The first-order valence-electron chi connectivity index (χ1n) is 10.9. The highest BCUT2D eigenvalue weighted by molar-refractivity contribution is 5.79. The third-order valence-corrected chi connectivity index (χ3v) is 5.45. The van der Waals surface area contributed by atoms with Crippen molar-refractivity contribution in [2.45, 2.75) is 25.8 Å². The van der Waals surface area contributed by atoms with Crippen LogP contribution in [0.2, 0.25) is 0 Å². The molecule has 2 N–H and O–H groups in total. The van der Waals surface area contributed by atoms with Gasteiger partial charge in [-0.05, 0) is 42.9 Å². The summed E-state index contributed by atoms with van der Waals surface area (Å²) in [5.74, 6) is 1.49. The fourth-order valence-electron chi connectivity index (χ4n) is 3.60. The van der Waals surface area contributed by atoms with Crippen molar-refractivity contribution in [1.29, 1.82) is 0 Å². The molecule has 0 aliphatic carbocycles. The number of nitrogens with zero attached hydrogens (tertiary/aromatic N) is 2. The van der Waals surface area contributed by atoms with Crippen LogP contribution in [0.25, 0.3) is 0 Å². The number of hydrogen-bond acceptors (Lipinski definition) is 5. The molecule has 0 spiro atoms. The molecule has 0 bridgehead atoms. The number of aliphatic imine (C=N–C) groups is 1. The van der Waals surface area contributed by atoms with Crippen molar-refractivity contribution in [3.8, 4) is 0 Å². The summed E-state index contributed by atoms with van der Waals surface area (Å²) in [5.41, 5.74) is 2.50. The molecule has 2 heterocycles. The molecule has 29 heavy (non-hydrogen) atoms. The van der Waals surface area contributed by atoms with Crippen LogP contribution < -0.4 is 15.5 Å². The molecule has 0 atom stereocenters. The second kappa shape index (κ2) is 12.7. The molecule has 0 saturated carbocycles. The monoisotopic (exact) mass is 404 g/mol. The molecule has 7 nitrogen and oxygen atoms in total. The fraction of sp³-hybridized carbons (Fsp3) is 0.682. The van der Waals surface area contributed by atoms with Crippen molar-refractivity contribution in [3.05, 3.63) is 29.8 Å². The van der Waals surface area contributed by atoms with E-state index in [4.69, 9.17) is 14.2 Å². The van der Waals surface area contributed by atoms with Crippen LogP contribution in [0.5, 0.6) is 0 Å². The smallest absolute Gasteiger partial charge is 0.191 e. The van der Waals surface area contributed by atoms with E-state index in [2.05, 4.69) is 44.8 Å². The average molecular weight is 405 g/mol. The maximum Gasteiger partial charge on any atom is 0.191 e. The number of hydrogen-bond donors (Lipinski definition) is 2. The highest BCUT2D eigenvalue weighted by Crippen LogP contribution is 2.16. The summed E-state index contributed by atoms with van der Waals surface area (Å²) in [6, 6.07) is 8.73. The van der Waals surface area contributed by atoms with E-state index >= 15 is 0 Å². The largest absolute Gasteiger partial charge is 0.381 e. The SMILES string of the molecule is CN=C(NCCCOCC1CCOCC1)NCc1ccc(N2CCOCC2)cc1.